The van der Waals surface area contributed by atoms with Crippen LogP contribution in [-0.2, 0) is 19.1 Å². The molecule has 0 saturated heterocycles. The highest BCUT2D eigenvalue weighted by Gasteiger charge is 2.02. The highest BCUT2D eigenvalue weighted by molar-refractivity contribution is 5.66. The van der Waals surface area contributed by atoms with Crippen LogP contribution in [0.2, 0.25) is 0 Å². The van der Waals surface area contributed by atoms with Crippen molar-refractivity contribution in [2.75, 3.05) is 19.8 Å². The van der Waals surface area contributed by atoms with Crippen molar-refractivity contribution in [1.82, 2.24) is 0 Å². The minimum Gasteiger partial charge on any atom is -0.466 e. The summed E-state index contributed by atoms with van der Waals surface area (Å²) in [6, 6.07) is 0. The Balaban J connectivity index is 0. The number of esters is 2. The second-order valence-electron chi connectivity index (χ2n) is 7.92. The van der Waals surface area contributed by atoms with Gasteiger partial charge in [-0.25, -0.2) is 0 Å². The maximum atomic E-state index is 10.6. The summed E-state index contributed by atoms with van der Waals surface area (Å²) in [5, 5.41) is 16.8. The van der Waals surface area contributed by atoms with E-state index in [1.807, 2.05) is 0 Å². The standard InChI is InChI=1S/C20H38O2.C5H10O4/c1-3-4-5-6-7-8-9-10-11-12-13-14-15-16-17-18-19-22-20(2)21;1-4(7)9-3-5(8)2-6/h10-11H,3-9,12-19H2,1-2H3;5-6,8H,2-3H2,1H3/b11-10-;. The summed E-state index contributed by atoms with van der Waals surface area (Å²) < 4.78 is 9.26. The van der Waals surface area contributed by atoms with Crippen LogP contribution in [0.25, 0.3) is 0 Å². The lowest BCUT2D eigenvalue weighted by Gasteiger charge is -2.05. The zero-order valence-electron chi connectivity index (χ0n) is 20.3. The average molecular weight is 445 g/mol. The quantitative estimate of drug-likeness (QED) is 0.155. The van der Waals surface area contributed by atoms with E-state index in [2.05, 4.69) is 23.8 Å². The Morgan fingerprint density at radius 2 is 1.19 bits per heavy atom. The number of ether oxygens (including phenoxy) is 2. The van der Waals surface area contributed by atoms with Gasteiger partial charge in [0.15, 0.2) is 0 Å². The first-order chi connectivity index (χ1) is 14.9. The molecule has 0 rings (SSSR count). The van der Waals surface area contributed by atoms with Crippen molar-refractivity contribution in [3.8, 4) is 0 Å². The van der Waals surface area contributed by atoms with E-state index < -0.39 is 12.1 Å². The molecule has 0 fully saturated rings. The van der Waals surface area contributed by atoms with Gasteiger partial charge in [-0.1, -0.05) is 76.9 Å². The van der Waals surface area contributed by atoms with Gasteiger partial charge in [-0.15, -0.1) is 0 Å². The van der Waals surface area contributed by atoms with Gasteiger partial charge in [-0.2, -0.15) is 0 Å². The Kier molecular flexibility index (Phi) is 27.3. The lowest BCUT2D eigenvalue weighted by Crippen LogP contribution is -2.20. The summed E-state index contributed by atoms with van der Waals surface area (Å²) in [5.41, 5.74) is 0. The first-order valence-corrected chi connectivity index (χ1v) is 12.1. The Morgan fingerprint density at radius 3 is 1.65 bits per heavy atom. The van der Waals surface area contributed by atoms with Crippen LogP contribution >= 0.6 is 0 Å². The lowest BCUT2D eigenvalue weighted by atomic mass is 10.1. The molecule has 184 valence electrons. The van der Waals surface area contributed by atoms with Crippen molar-refractivity contribution in [1.29, 1.82) is 0 Å². The van der Waals surface area contributed by atoms with Crippen molar-refractivity contribution in [2.24, 2.45) is 0 Å². The van der Waals surface area contributed by atoms with Crippen molar-refractivity contribution >= 4 is 11.9 Å². The Bertz CT molecular complexity index is 422. The second kappa shape index (κ2) is 26.6. The van der Waals surface area contributed by atoms with Crippen LogP contribution < -0.4 is 0 Å². The number of aliphatic hydroxyl groups is 2. The van der Waals surface area contributed by atoms with E-state index >= 15 is 0 Å². The summed E-state index contributed by atoms with van der Waals surface area (Å²) in [6.45, 7) is 5.06. The zero-order valence-corrected chi connectivity index (χ0v) is 20.3. The van der Waals surface area contributed by atoms with Crippen LogP contribution in [-0.4, -0.2) is 48.1 Å². The molecule has 0 heterocycles. The smallest absolute Gasteiger partial charge is 0.302 e. The highest BCUT2D eigenvalue weighted by Crippen LogP contribution is 2.09. The molecule has 0 radical (unpaired) electrons. The first-order valence-electron chi connectivity index (χ1n) is 12.1. The van der Waals surface area contributed by atoms with Gasteiger partial charge in [0.2, 0.25) is 0 Å². The molecule has 0 aliphatic rings. The SMILES string of the molecule is CC(=O)OCC(O)CO.CCCCCCCC/C=C\CCCCCCCCOC(C)=O. The van der Waals surface area contributed by atoms with Gasteiger partial charge in [0.25, 0.3) is 0 Å². The van der Waals surface area contributed by atoms with Crippen LogP contribution in [0.4, 0.5) is 0 Å². The molecular weight excluding hydrogens is 396 g/mol. The largest absolute Gasteiger partial charge is 0.466 e. The molecule has 1 unspecified atom stereocenters. The van der Waals surface area contributed by atoms with Crippen LogP contribution in [0.3, 0.4) is 0 Å². The predicted octanol–water partition coefficient (Wildman–Crippen LogP) is 5.49. The number of allylic oxidation sites excluding steroid dienone is 2. The second-order valence-corrected chi connectivity index (χ2v) is 7.92. The Hall–Kier alpha value is -1.40. The number of rotatable bonds is 19. The lowest BCUT2D eigenvalue weighted by molar-refractivity contribution is -0.144. The summed E-state index contributed by atoms with van der Waals surface area (Å²) in [6.07, 6.45) is 22.1. The summed E-state index contributed by atoms with van der Waals surface area (Å²) >= 11 is 0. The van der Waals surface area contributed by atoms with Gasteiger partial charge in [0.05, 0.1) is 13.2 Å². The molecule has 0 aliphatic carbocycles. The molecular formula is C25H48O6. The third kappa shape index (κ3) is 33.4. The minimum absolute atomic E-state index is 0.133. The van der Waals surface area contributed by atoms with Crippen molar-refractivity contribution < 1.29 is 29.3 Å². The zero-order chi connectivity index (χ0) is 23.6. The van der Waals surface area contributed by atoms with Gasteiger partial charge in [0.1, 0.15) is 12.7 Å². The molecule has 6 heteroatoms. The van der Waals surface area contributed by atoms with E-state index in [-0.39, 0.29) is 19.2 Å². The Morgan fingerprint density at radius 1 is 0.742 bits per heavy atom. The van der Waals surface area contributed by atoms with Crippen LogP contribution in [0.15, 0.2) is 12.2 Å². The molecule has 6 nitrogen and oxygen atoms in total. The average Bonchev–Trinajstić information content (AvgIpc) is 2.74. The van der Waals surface area contributed by atoms with Gasteiger partial charge in [0, 0.05) is 13.8 Å². The van der Waals surface area contributed by atoms with E-state index in [1.165, 1.54) is 97.3 Å². The first kappa shape index (κ1) is 31.8. The van der Waals surface area contributed by atoms with E-state index in [1.54, 1.807) is 0 Å². The fraction of sp³-hybridized carbons (Fsp3) is 0.840. The van der Waals surface area contributed by atoms with Crippen LogP contribution in [0.5, 0.6) is 0 Å². The van der Waals surface area contributed by atoms with Crippen molar-refractivity contribution in [3.63, 3.8) is 0 Å². The molecule has 0 amide bonds. The van der Waals surface area contributed by atoms with Gasteiger partial charge < -0.3 is 19.7 Å². The minimum atomic E-state index is -0.950. The van der Waals surface area contributed by atoms with Crippen molar-refractivity contribution in [3.05, 3.63) is 12.2 Å². The summed E-state index contributed by atoms with van der Waals surface area (Å²) in [5.74, 6) is -0.616. The summed E-state index contributed by atoms with van der Waals surface area (Å²) in [7, 11) is 0. The number of unbranched alkanes of at least 4 members (excludes halogenated alkanes) is 12. The molecule has 0 aliphatic heterocycles. The normalized spacial score (nSPS) is 11.6. The molecule has 0 aromatic heterocycles. The van der Waals surface area contributed by atoms with E-state index in [9.17, 15) is 9.59 Å². The topological polar surface area (TPSA) is 93.1 Å². The molecule has 1 atom stereocenters. The number of carbonyl (C=O) groups excluding carboxylic acids is 2. The molecule has 0 bridgehead atoms. The fourth-order valence-electron chi connectivity index (χ4n) is 2.83. The Labute approximate surface area is 190 Å². The molecule has 0 aromatic carbocycles. The highest BCUT2D eigenvalue weighted by atomic mass is 16.5. The van der Waals surface area contributed by atoms with Crippen molar-refractivity contribution in [2.45, 2.75) is 117 Å². The third-order valence-electron chi connectivity index (χ3n) is 4.65. The molecule has 0 saturated carbocycles. The van der Waals surface area contributed by atoms with Gasteiger partial charge >= 0.3 is 11.9 Å². The third-order valence-corrected chi connectivity index (χ3v) is 4.65. The van der Waals surface area contributed by atoms with E-state index in [0.717, 1.165) is 6.42 Å². The number of aliphatic hydroxyl groups excluding tert-OH is 2. The maximum Gasteiger partial charge on any atom is 0.302 e. The molecule has 2 N–H and O–H groups in total. The number of hydrogen-bond acceptors (Lipinski definition) is 6. The van der Waals surface area contributed by atoms with E-state index in [4.69, 9.17) is 14.9 Å². The van der Waals surface area contributed by atoms with Crippen LogP contribution in [0, 0.1) is 0 Å². The fourth-order valence-corrected chi connectivity index (χ4v) is 2.83. The maximum absolute atomic E-state index is 10.6. The van der Waals surface area contributed by atoms with E-state index in [0.29, 0.717) is 6.61 Å². The monoisotopic (exact) mass is 444 g/mol. The molecule has 31 heavy (non-hydrogen) atoms. The van der Waals surface area contributed by atoms with Gasteiger partial charge in [-0.05, 0) is 32.1 Å². The summed E-state index contributed by atoms with van der Waals surface area (Å²) in [4.78, 5) is 20.6. The predicted molar refractivity (Wildman–Crippen MR) is 126 cm³/mol. The van der Waals surface area contributed by atoms with Gasteiger partial charge in [-0.3, -0.25) is 9.59 Å². The molecule has 0 aromatic rings. The number of carbonyl (C=O) groups is 2. The number of hydrogen-bond donors (Lipinski definition) is 2. The molecule has 0 spiro atoms. The van der Waals surface area contributed by atoms with Crippen LogP contribution in [0.1, 0.15) is 111 Å².